The molecule has 0 heterocycles. The van der Waals surface area contributed by atoms with E-state index in [9.17, 15) is 14.9 Å². The van der Waals surface area contributed by atoms with Crippen molar-refractivity contribution in [3.63, 3.8) is 0 Å². The molecule has 14 heavy (non-hydrogen) atoms. The van der Waals surface area contributed by atoms with Gasteiger partial charge in [-0.25, -0.2) is 0 Å². The van der Waals surface area contributed by atoms with Crippen molar-refractivity contribution in [3.8, 4) is 0 Å². The fourth-order valence-electron chi connectivity index (χ4n) is 1.07. The number of halogens is 1. The molecule has 74 valence electrons. The number of anilines is 1. The fraction of sp³-hybridized carbons (Fsp3) is 0.125. The van der Waals surface area contributed by atoms with Crippen LogP contribution in [-0.4, -0.2) is 10.7 Å². The number of nitro benzene ring substituents is 1. The Morgan fingerprint density at radius 3 is 2.57 bits per heavy atom. The number of nitro groups is 1. The SMILES string of the molecule is CC(=O)c1ccc(Br)c([N+](=O)[O-])c1N. The Morgan fingerprint density at radius 1 is 1.57 bits per heavy atom. The lowest BCUT2D eigenvalue weighted by atomic mass is 10.1. The zero-order chi connectivity index (χ0) is 10.9. The largest absolute Gasteiger partial charge is 0.393 e. The second kappa shape index (κ2) is 3.75. The van der Waals surface area contributed by atoms with E-state index in [1.54, 1.807) is 0 Å². The first kappa shape index (κ1) is 10.6. The molecule has 0 fully saturated rings. The lowest BCUT2D eigenvalue weighted by Gasteiger charge is -2.03. The first-order valence-corrected chi connectivity index (χ1v) is 4.47. The van der Waals surface area contributed by atoms with Gasteiger partial charge in [-0.15, -0.1) is 0 Å². The average molecular weight is 259 g/mol. The van der Waals surface area contributed by atoms with E-state index in [0.29, 0.717) is 0 Å². The summed E-state index contributed by atoms with van der Waals surface area (Å²) in [6, 6.07) is 2.89. The molecule has 6 heteroatoms. The molecule has 0 spiro atoms. The second-order valence-corrected chi connectivity index (χ2v) is 3.52. The number of nitrogen functional groups attached to an aromatic ring is 1. The molecule has 2 N–H and O–H groups in total. The monoisotopic (exact) mass is 258 g/mol. The van der Waals surface area contributed by atoms with E-state index >= 15 is 0 Å². The van der Waals surface area contributed by atoms with Crippen LogP contribution in [0.25, 0.3) is 0 Å². The molecular formula is C8H7BrN2O3. The van der Waals surface area contributed by atoms with E-state index in [1.807, 2.05) is 0 Å². The highest BCUT2D eigenvalue weighted by atomic mass is 79.9. The van der Waals surface area contributed by atoms with E-state index < -0.39 is 4.92 Å². The summed E-state index contributed by atoms with van der Waals surface area (Å²) in [5.74, 6) is -0.293. The Labute approximate surface area is 88.2 Å². The molecule has 0 unspecified atom stereocenters. The van der Waals surface area contributed by atoms with Crippen LogP contribution in [0.4, 0.5) is 11.4 Å². The Bertz CT molecular complexity index is 417. The number of carbonyl (C=O) groups is 1. The van der Waals surface area contributed by atoms with Gasteiger partial charge in [0.15, 0.2) is 5.78 Å². The summed E-state index contributed by atoms with van der Waals surface area (Å²) in [7, 11) is 0. The number of carbonyl (C=O) groups excluding carboxylic acids is 1. The maximum Gasteiger partial charge on any atom is 0.306 e. The lowest BCUT2D eigenvalue weighted by Crippen LogP contribution is -2.04. The lowest BCUT2D eigenvalue weighted by molar-refractivity contribution is -0.384. The molecule has 0 aliphatic rings. The minimum absolute atomic E-state index is 0.100. The van der Waals surface area contributed by atoms with Crippen molar-refractivity contribution in [3.05, 3.63) is 32.3 Å². The molecule has 1 aromatic rings. The molecule has 0 aliphatic heterocycles. The summed E-state index contributed by atoms with van der Waals surface area (Å²) in [6.45, 7) is 1.31. The Morgan fingerprint density at radius 2 is 2.14 bits per heavy atom. The normalized spacial score (nSPS) is 9.86. The number of hydrogen-bond donors (Lipinski definition) is 1. The second-order valence-electron chi connectivity index (χ2n) is 2.67. The van der Waals surface area contributed by atoms with Crippen LogP contribution in [0, 0.1) is 10.1 Å². The summed E-state index contributed by atoms with van der Waals surface area (Å²) in [5, 5.41) is 10.6. The minimum atomic E-state index is -0.619. The van der Waals surface area contributed by atoms with Crippen molar-refractivity contribution >= 4 is 33.1 Å². The smallest absolute Gasteiger partial charge is 0.306 e. The third kappa shape index (κ3) is 1.74. The van der Waals surface area contributed by atoms with Crippen LogP contribution in [0.1, 0.15) is 17.3 Å². The summed E-state index contributed by atoms with van der Waals surface area (Å²) < 4.78 is 0.269. The van der Waals surface area contributed by atoms with Gasteiger partial charge in [-0.1, -0.05) is 0 Å². The molecule has 0 aromatic heterocycles. The average Bonchev–Trinajstić information content (AvgIpc) is 2.02. The molecule has 1 rings (SSSR count). The molecule has 0 saturated carbocycles. The van der Waals surface area contributed by atoms with Gasteiger partial charge in [0, 0.05) is 5.56 Å². The highest BCUT2D eigenvalue weighted by Gasteiger charge is 2.21. The molecule has 0 atom stereocenters. The quantitative estimate of drug-likeness (QED) is 0.381. The number of rotatable bonds is 2. The molecule has 0 amide bonds. The van der Waals surface area contributed by atoms with Crippen LogP contribution in [0.5, 0.6) is 0 Å². The standard InChI is InChI=1S/C8H7BrN2O3/c1-4(12)5-2-3-6(9)8(7(5)10)11(13)14/h2-3H,10H2,1H3. The van der Waals surface area contributed by atoms with Crippen molar-refractivity contribution in [1.82, 2.24) is 0 Å². The zero-order valence-electron chi connectivity index (χ0n) is 7.28. The van der Waals surface area contributed by atoms with Gasteiger partial charge in [0.2, 0.25) is 0 Å². The van der Waals surface area contributed by atoms with Crippen LogP contribution >= 0.6 is 15.9 Å². The molecule has 1 aromatic carbocycles. The number of nitrogens with zero attached hydrogens (tertiary/aromatic N) is 1. The molecule has 0 aliphatic carbocycles. The van der Waals surface area contributed by atoms with E-state index in [-0.39, 0.29) is 27.2 Å². The highest BCUT2D eigenvalue weighted by Crippen LogP contribution is 2.33. The van der Waals surface area contributed by atoms with Gasteiger partial charge in [-0.2, -0.15) is 0 Å². The summed E-state index contributed by atoms with van der Waals surface area (Å²) >= 11 is 3.00. The predicted molar refractivity (Wildman–Crippen MR) is 55.2 cm³/mol. The number of ketones is 1. The Balaban J connectivity index is 3.49. The minimum Gasteiger partial charge on any atom is -0.393 e. The van der Waals surface area contributed by atoms with Crippen molar-refractivity contribution < 1.29 is 9.72 Å². The van der Waals surface area contributed by atoms with Crippen molar-refractivity contribution in [2.45, 2.75) is 6.92 Å². The molecule has 0 radical (unpaired) electrons. The summed E-state index contributed by atoms with van der Waals surface area (Å²) in [6.07, 6.45) is 0. The van der Waals surface area contributed by atoms with Gasteiger partial charge in [0.05, 0.1) is 9.40 Å². The molecule has 5 nitrogen and oxygen atoms in total. The van der Waals surface area contributed by atoms with Gasteiger partial charge in [0.25, 0.3) is 0 Å². The summed E-state index contributed by atoms with van der Waals surface area (Å²) in [5.41, 5.74) is 5.29. The number of Topliss-reactive ketones (excluding diaryl/α,β-unsaturated/α-hetero) is 1. The summed E-state index contributed by atoms with van der Waals surface area (Å²) in [4.78, 5) is 21.0. The maximum absolute atomic E-state index is 11.0. The first-order chi connectivity index (χ1) is 6.45. The number of benzene rings is 1. The maximum atomic E-state index is 11.0. The third-order valence-corrected chi connectivity index (χ3v) is 2.37. The molecule has 0 bridgehead atoms. The van der Waals surface area contributed by atoms with Gasteiger partial charge < -0.3 is 5.73 Å². The van der Waals surface area contributed by atoms with Gasteiger partial charge in [-0.3, -0.25) is 14.9 Å². The van der Waals surface area contributed by atoms with Crippen molar-refractivity contribution in [1.29, 1.82) is 0 Å². The zero-order valence-corrected chi connectivity index (χ0v) is 8.87. The Hall–Kier alpha value is -1.43. The number of nitrogens with two attached hydrogens (primary N) is 1. The van der Waals surface area contributed by atoms with E-state index in [1.165, 1.54) is 19.1 Å². The fourth-order valence-corrected chi connectivity index (χ4v) is 1.56. The van der Waals surface area contributed by atoms with Crippen molar-refractivity contribution in [2.24, 2.45) is 0 Å². The topological polar surface area (TPSA) is 86.2 Å². The Kier molecular flexibility index (Phi) is 2.85. The van der Waals surface area contributed by atoms with Crippen LogP contribution in [-0.2, 0) is 0 Å². The van der Waals surface area contributed by atoms with Gasteiger partial charge in [0.1, 0.15) is 5.69 Å². The van der Waals surface area contributed by atoms with Crippen LogP contribution in [0.2, 0.25) is 0 Å². The number of hydrogen-bond acceptors (Lipinski definition) is 4. The van der Waals surface area contributed by atoms with E-state index in [4.69, 9.17) is 5.73 Å². The van der Waals surface area contributed by atoms with Crippen LogP contribution < -0.4 is 5.73 Å². The third-order valence-electron chi connectivity index (χ3n) is 1.73. The first-order valence-electron chi connectivity index (χ1n) is 3.68. The molecule has 0 saturated heterocycles. The van der Waals surface area contributed by atoms with E-state index in [2.05, 4.69) is 15.9 Å². The van der Waals surface area contributed by atoms with Crippen LogP contribution in [0.3, 0.4) is 0 Å². The van der Waals surface area contributed by atoms with E-state index in [0.717, 1.165) is 0 Å². The van der Waals surface area contributed by atoms with Crippen LogP contribution in [0.15, 0.2) is 16.6 Å². The highest BCUT2D eigenvalue weighted by molar-refractivity contribution is 9.10. The predicted octanol–water partition coefficient (Wildman–Crippen LogP) is 2.14. The van der Waals surface area contributed by atoms with Crippen molar-refractivity contribution in [2.75, 3.05) is 5.73 Å². The van der Waals surface area contributed by atoms with Gasteiger partial charge >= 0.3 is 5.69 Å². The van der Waals surface area contributed by atoms with Gasteiger partial charge in [-0.05, 0) is 35.0 Å². The molecular weight excluding hydrogens is 252 g/mol.